The zero-order valence-corrected chi connectivity index (χ0v) is 12.3. The first kappa shape index (κ1) is 13.2. The summed E-state index contributed by atoms with van der Waals surface area (Å²) in [6.07, 6.45) is 2.19. The van der Waals surface area contributed by atoms with Crippen LogP contribution in [0, 0.1) is 5.82 Å². The van der Waals surface area contributed by atoms with Crippen molar-refractivity contribution in [3.05, 3.63) is 64.2 Å². The Morgan fingerprint density at radius 1 is 1.27 bits per heavy atom. The molecule has 0 saturated heterocycles. The molecule has 3 heterocycles. The lowest BCUT2D eigenvalue weighted by Gasteiger charge is -2.22. The highest BCUT2D eigenvalue weighted by molar-refractivity contribution is 7.08. The monoisotopic (exact) mass is 313 g/mol. The Balaban J connectivity index is 1.82. The van der Waals surface area contributed by atoms with Gasteiger partial charge < -0.3 is 5.32 Å². The van der Waals surface area contributed by atoms with Gasteiger partial charge >= 0.3 is 0 Å². The number of carbonyl (C=O) groups excluding carboxylic acids is 1. The summed E-state index contributed by atoms with van der Waals surface area (Å²) in [5, 5.41) is 11.3. The quantitative estimate of drug-likeness (QED) is 0.786. The van der Waals surface area contributed by atoms with Gasteiger partial charge in [-0.3, -0.25) is 4.79 Å². The van der Waals surface area contributed by atoms with Crippen molar-refractivity contribution in [1.82, 2.24) is 9.78 Å². The Labute approximate surface area is 130 Å². The number of hydrogen-bond donors (Lipinski definition) is 1. The molecule has 22 heavy (non-hydrogen) atoms. The summed E-state index contributed by atoms with van der Waals surface area (Å²) in [5.74, 6) is 0.348. The van der Waals surface area contributed by atoms with Crippen LogP contribution in [-0.4, -0.2) is 15.7 Å². The summed E-state index contributed by atoms with van der Waals surface area (Å²) in [6.45, 7) is 0. The minimum absolute atomic E-state index is 0.0178. The van der Waals surface area contributed by atoms with Crippen molar-refractivity contribution in [2.45, 2.75) is 12.3 Å². The molecule has 6 heteroatoms. The molecular weight excluding hydrogens is 301 g/mol. The van der Waals surface area contributed by atoms with Crippen molar-refractivity contribution in [3.8, 4) is 5.69 Å². The molecule has 4 nitrogen and oxygen atoms in total. The van der Waals surface area contributed by atoms with E-state index in [1.807, 2.05) is 11.4 Å². The predicted octanol–water partition coefficient (Wildman–Crippen LogP) is 3.55. The van der Waals surface area contributed by atoms with Gasteiger partial charge in [0.2, 0.25) is 5.91 Å². The predicted molar refractivity (Wildman–Crippen MR) is 82.9 cm³/mol. The lowest BCUT2D eigenvalue weighted by atomic mass is 9.89. The van der Waals surface area contributed by atoms with E-state index in [-0.39, 0.29) is 17.6 Å². The molecule has 0 fully saturated rings. The Morgan fingerprint density at radius 3 is 2.82 bits per heavy atom. The lowest BCUT2D eigenvalue weighted by molar-refractivity contribution is -0.116. The molecule has 3 aromatic rings. The second-order valence-electron chi connectivity index (χ2n) is 5.20. The van der Waals surface area contributed by atoms with Gasteiger partial charge in [-0.2, -0.15) is 16.4 Å². The smallest absolute Gasteiger partial charge is 0.226 e. The number of thiophene rings is 1. The molecule has 4 rings (SSSR count). The zero-order chi connectivity index (χ0) is 15.1. The van der Waals surface area contributed by atoms with Crippen molar-refractivity contribution in [1.29, 1.82) is 0 Å². The number of nitrogens with zero attached hydrogens (tertiary/aromatic N) is 2. The van der Waals surface area contributed by atoms with E-state index in [0.29, 0.717) is 17.9 Å². The Morgan fingerprint density at radius 2 is 2.09 bits per heavy atom. The van der Waals surface area contributed by atoms with Crippen molar-refractivity contribution in [2.75, 3.05) is 5.32 Å². The Kier molecular flexibility index (Phi) is 3.04. The van der Waals surface area contributed by atoms with Crippen LogP contribution < -0.4 is 5.32 Å². The van der Waals surface area contributed by atoms with Gasteiger partial charge in [-0.05, 0) is 46.7 Å². The Hall–Kier alpha value is -2.47. The van der Waals surface area contributed by atoms with Crippen LogP contribution in [0.2, 0.25) is 0 Å². The number of rotatable bonds is 2. The molecular formula is C16H12FN3OS. The Bertz CT molecular complexity index is 824. The zero-order valence-electron chi connectivity index (χ0n) is 11.5. The van der Waals surface area contributed by atoms with Crippen LogP contribution in [0.4, 0.5) is 10.2 Å². The van der Waals surface area contributed by atoms with Gasteiger partial charge in [0.05, 0.1) is 11.9 Å². The molecule has 1 N–H and O–H groups in total. The molecule has 0 unspecified atom stereocenters. The highest BCUT2D eigenvalue weighted by atomic mass is 32.1. The number of fused-ring (bicyclic) bond motifs is 1. The fourth-order valence-corrected chi connectivity index (χ4v) is 3.48. The van der Waals surface area contributed by atoms with E-state index in [1.165, 1.54) is 12.1 Å². The van der Waals surface area contributed by atoms with Crippen LogP contribution in [0.1, 0.15) is 23.5 Å². The lowest BCUT2D eigenvalue weighted by Crippen LogP contribution is -2.24. The SMILES string of the molecule is O=C1C[C@H](c2ccsc2)c2cnn(-c3ccc(F)cc3)c2N1. The van der Waals surface area contributed by atoms with E-state index in [2.05, 4.69) is 15.8 Å². The molecule has 0 aliphatic carbocycles. The van der Waals surface area contributed by atoms with E-state index >= 15 is 0 Å². The van der Waals surface area contributed by atoms with Gasteiger partial charge in [-0.25, -0.2) is 9.07 Å². The van der Waals surface area contributed by atoms with E-state index < -0.39 is 0 Å². The number of hydrogen-bond acceptors (Lipinski definition) is 3. The van der Waals surface area contributed by atoms with Gasteiger partial charge in [-0.15, -0.1) is 0 Å². The summed E-state index contributed by atoms with van der Waals surface area (Å²) in [4.78, 5) is 12.1. The summed E-state index contributed by atoms with van der Waals surface area (Å²) in [6, 6.07) is 8.08. The molecule has 2 aromatic heterocycles. The summed E-state index contributed by atoms with van der Waals surface area (Å²) >= 11 is 1.61. The largest absolute Gasteiger partial charge is 0.310 e. The first-order valence-electron chi connectivity index (χ1n) is 6.88. The highest BCUT2D eigenvalue weighted by Crippen LogP contribution is 2.38. The van der Waals surface area contributed by atoms with E-state index in [1.54, 1.807) is 34.3 Å². The van der Waals surface area contributed by atoms with Gasteiger partial charge in [0, 0.05) is 17.9 Å². The number of carbonyl (C=O) groups is 1. The average molecular weight is 313 g/mol. The van der Waals surface area contributed by atoms with E-state index in [9.17, 15) is 9.18 Å². The van der Waals surface area contributed by atoms with Gasteiger partial charge in [-0.1, -0.05) is 0 Å². The maximum Gasteiger partial charge on any atom is 0.226 e. The second-order valence-corrected chi connectivity index (χ2v) is 5.98. The van der Waals surface area contributed by atoms with Crippen LogP contribution in [0.15, 0.2) is 47.3 Å². The van der Waals surface area contributed by atoms with Crippen molar-refractivity contribution in [2.24, 2.45) is 0 Å². The standard InChI is InChI=1S/C16H12FN3OS/c17-11-1-3-12(4-2-11)20-16-14(8-18-20)13(7-15(21)19-16)10-5-6-22-9-10/h1-6,8-9,13H,7H2,(H,19,21)/t13-/m1/s1. The van der Waals surface area contributed by atoms with Crippen LogP contribution in [0.25, 0.3) is 5.69 Å². The number of aromatic nitrogens is 2. The topological polar surface area (TPSA) is 46.9 Å². The minimum atomic E-state index is -0.301. The molecule has 0 spiro atoms. The first-order valence-corrected chi connectivity index (χ1v) is 7.82. The summed E-state index contributed by atoms with van der Waals surface area (Å²) in [5.41, 5.74) is 2.83. The molecule has 0 saturated carbocycles. The molecule has 1 aliphatic rings. The van der Waals surface area contributed by atoms with Crippen molar-refractivity contribution in [3.63, 3.8) is 0 Å². The highest BCUT2D eigenvalue weighted by Gasteiger charge is 2.30. The third-order valence-electron chi connectivity index (χ3n) is 3.84. The van der Waals surface area contributed by atoms with Crippen LogP contribution in [0.3, 0.4) is 0 Å². The number of anilines is 1. The van der Waals surface area contributed by atoms with Gasteiger partial charge in [0.25, 0.3) is 0 Å². The van der Waals surface area contributed by atoms with Crippen LogP contribution >= 0.6 is 11.3 Å². The first-order chi connectivity index (χ1) is 10.7. The molecule has 1 aromatic carbocycles. The third-order valence-corrected chi connectivity index (χ3v) is 4.54. The normalized spacial score (nSPS) is 17.1. The number of amides is 1. The number of halogens is 1. The van der Waals surface area contributed by atoms with Crippen molar-refractivity contribution >= 4 is 23.1 Å². The maximum absolute atomic E-state index is 13.1. The summed E-state index contributed by atoms with van der Waals surface area (Å²) < 4.78 is 14.7. The fourth-order valence-electron chi connectivity index (χ4n) is 2.77. The third kappa shape index (κ3) is 2.12. The van der Waals surface area contributed by atoms with Gasteiger partial charge in [0.15, 0.2) is 0 Å². The van der Waals surface area contributed by atoms with E-state index in [4.69, 9.17) is 0 Å². The molecule has 1 atom stereocenters. The number of nitrogens with one attached hydrogen (secondary N) is 1. The van der Waals surface area contributed by atoms with E-state index in [0.717, 1.165) is 11.1 Å². The van der Waals surface area contributed by atoms with Crippen LogP contribution in [0.5, 0.6) is 0 Å². The molecule has 0 bridgehead atoms. The average Bonchev–Trinajstić information content (AvgIpc) is 3.16. The minimum Gasteiger partial charge on any atom is -0.310 e. The fraction of sp³-hybridized carbons (Fsp3) is 0.125. The molecule has 110 valence electrons. The second kappa shape index (κ2) is 5.06. The molecule has 0 radical (unpaired) electrons. The van der Waals surface area contributed by atoms with Crippen molar-refractivity contribution < 1.29 is 9.18 Å². The van der Waals surface area contributed by atoms with Gasteiger partial charge in [0.1, 0.15) is 11.6 Å². The summed E-state index contributed by atoms with van der Waals surface area (Å²) in [7, 11) is 0. The molecule has 1 amide bonds. The molecule has 1 aliphatic heterocycles. The number of benzene rings is 1. The maximum atomic E-state index is 13.1. The van der Waals surface area contributed by atoms with Crippen LogP contribution in [-0.2, 0) is 4.79 Å².